The van der Waals surface area contributed by atoms with Crippen molar-refractivity contribution in [1.29, 1.82) is 0 Å². The van der Waals surface area contributed by atoms with Gasteiger partial charge in [0.05, 0.1) is 0 Å². The van der Waals surface area contributed by atoms with Crippen molar-refractivity contribution in [3.05, 3.63) is 0 Å². The third-order valence-corrected chi connectivity index (χ3v) is 3.67. The lowest BCUT2D eigenvalue weighted by atomic mass is 10.1. The van der Waals surface area contributed by atoms with Gasteiger partial charge in [0, 0.05) is 19.1 Å². The Morgan fingerprint density at radius 2 is 1.67 bits per heavy atom. The van der Waals surface area contributed by atoms with E-state index in [0.29, 0.717) is 0 Å². The van der Waals surface area contributed by atoms with E-state index in [0.717, 1.165) is 6.04 Å². The van der Waals surface area contributed by atoms with Gasteiger partial charge in [0.15, 0.2) is 0 Å². The summed E-state index contributed by atoms with van der Waals surface area (Å²) in [7, 11) is 2.24. The molecule has 0 aromatic rings. The van der Waals surface area contributed by atoms with E-state index in [1.807, 2.05) is 0 Å². The minimum Gasteiger partial charge on any atom is -0.306 e. The lowest BCUT2D eigenvalue weighted by Crippen LogP contribution is -2.47. The van der Waals surface area contributed by atoms with Crippen molar-refractivity contribution >= 4 is 0 Å². The van der Waals surface area contributed by atoms with Crippen LogP contribution in [0.3, 0.4) is 0 Å². The highest BCUT2D eigenvalue weighted by Gasteiger charge is 2.18. The molecule has 88 valence electrons. The maximum Gasteiger partial charge on any atom is 0.0227 e. The molecule has 3 nitrogen and oxygen atoms in total. The summed E-state index contributed by atoms with van der Waals surface area (Å²) in [4.78, 5) is 2.46. The van der Waals surface area contributed by atoms with Gasteiger partial charge < -0.3 is 4.90 Å². The van der Waals surface area contributed by atoms with Gasteiger partial charge in [0.1, 0.15) is 0 Å². The summed E-state index contributed by atoms with van der Waals surface area (Å²) in [6.07, 6.45) is 8.18. The summed E-state index contributed by atoms with van der Waals surface area (Å²) >= 11 is 0. The molecule has 3 heteroatoms. The van der Waals surface area contributed by atoms with Crippen LogP contribution in [0, 0.1) is 0 Å². The van der Waals surface area contributed by atoms with Gasteiger partial charge in [-0.05, 0) is 52.2 Å². The molecule has 2 fully saturated rings. The summed E-state index contributed by atoms with van der Waals surface area (Å²) in [5, 5.41) is 2.46. The monoisotopic (exact) mass is 211 g/mol. The minimum absolute atomic E-state index is 0.730. The molecule has 2 aliphatic rings. The van der Waals surface area contributed by atoms with E-state index >= 15 is 0 Å². The second kappa shape index (κ2) is 5.83. The van der Waals surface area contributed by atoms with Crippen LogP contribution < -0.4 is 5.43 Å². The second-order valence-electron chi connectivity index (χ2n) is 5.11. The zero-order chi connectivity index (χ0) is 10.5. The van der Waals surface area contributed by atoms with E-state index < -0.39 is 0 Å². The average Bonchev–Trinajstić information content (AvgIpc) is 2.46. The van der Waals surface area contributed by atoms with Crippen LogP contribution in [0.4, 0.5) is 0 Å². The van der Waals surface area contributed by atoms with E-state index in [1.165, 1.54) is 64.7 Å². The summed E-state index contributed by atoms with van der Waals surface area (Å²) in [5.74, 6) is 0. The van der Waals surface area contributed by atoms with Gasteiger partial charge in [0.25, 0.3) is 0 Å². The molecule has 0 amide bonds. The molecule has 2 aliphatic heterocycles. The summed E-state index contributed by atoms with van der Waals surface area (Å²) < 4.78 is 0. The normalized spacial score (nSPS) is 31.4. The Morgan fingerprint density at radius 1 is 0.867 bits per heavy atom. The highest BCUT2D eigenvalue weighted by atomic mass is 15.5. The van der Waals surface area contributed by atoms with Crippen molar-refractivity contribution in [2.24, 2.45) is 0 Å². The first-order valence-electron chi connectivity index (χ1n) is 6.54. The first-order chi connectivity index (χ1) is 7.34. The highest BCUT2D eigenvalue weighted by molar-refractivity contribution is 4.73. The van der Waals surface area contributed by atoms with Crippen LogP contribution in [0.5, 0.6) is 0 Å². The van der Waals surface area contributed by atoms with Gasteiger partial charge in [-0.15, -0.1) is 0 Å². The Morgan fingerprint density at radius 3 is 2.47 bits per heavy atom. The van der Waals surface area contributed by atoms with E-state index in [9.17, 15) is 0 Å². The van der Waals surface area contributed by atoms with E-state index in [4.69, 9.17) is 0 Å². The molecule has 2 saturated heterocycles. The van der Waals surface area contributed by atoms with Gasteiger partial charge >= 0.3 is 0 Å². The first kappa shape index (κ1) is 11.4. The number of rotatable bonds is 2. The van der Waals surface area contributed by atoms with Gasteiger partial charge in [-0.3, -0.25) is 5.43 Å². The zero-order valence-corrected chi connectivity index (χ0v) is 10.0. The maximum atomic E-state index is 3.72. The van der Waals surface area contributed by atoms with Gasteiger partial charge in [-0.2, -0.15) is 0 Å². The predicted molar refractivity (Wildman–Crippen MR) is 63.7 cm³/mol. The second-order valence-corrected chi connectivity index (χ2v) is 5.11. The van der Waals surface area contributed by atoms with E-state index in [1.54, 1.807) is 0 Å². The van der Waals surface area contributed by atoms with Crippen LogP contribution in [0.25, 0.3) is 0 Å². The molecule has 0 bridgehead atoms. The van der Waals surface area contributed by atoms with Crippen LogP contribution in [0.1, 0.15) is 38.5 Å². The minimum atomic E-state index is 0.730. The smallest absolute Gasteiger partial charge is 0.0227 e. The Hall–Kier alpha value is -0.120. The lowest BCUT2D eigenvalue weighted by molar-refractivity contribution is 0.123. The van der Waals surface area contributed by atoms with Crippen LogP contribution in [-0.2, 0) is 0 Å². The Labute approximate surface area is 93.8 Å². The number of hydrogen-bond acceptors (Lipinski definition) is 3. The number of hydrogen-bond donors (Lipinski definition) is 1. The Balaban J connectivity index is 1.72. The molecular formula is C12H25N3. The fourth-order valence-corrected chi connectivity index (χ4v) is 2.65. The largest absolute Gasteiger partial charge is 0.306 e. The molecule has 0 spiro atoms. The van der Waals surface area contributed by atoms with Crippen molar-refractivity contribution < 1.29 is 0 Å². The molecule has 0 radical (unpaired) electrons. The molecule has 2 heterocycles. The van der Waals surface area contributed by atoms with Crippen LogP contribution in [0.15, 0.2) is 0 Å². The van der Waals surface area contributed by atoms with Gasteiger partial charge in [-0.1, -0.05) is 6.42 Å². The number of nitrogens with zero attached hydrogens (tertiary/aromatic N) is 2. The summed E-state index contributed by atoms with van der Waals surface area (Å²) in [5.41, 5.74) is 3.72. The molecule has 2 rings (SSSR count). The lowest BCUT2D eigenvalue weighted by Gasteiger charge is -2.31. The maximum absolute atomic E-state index is 3.72. The summed E-state index contributed by atoms with van der Waals surface area (Å²) in [6, 6.07) is 0.730. The quantitative estimate of drug-likeness (QED) is 0.746. The highest BCUT2D eigenvalue weighted by Crippen LogP contribution is 2.12. The van der Waals surface area contributed by atoms with Crippen molar-refractivity contribution in [2.45, 2.75) is 44.6 Å². The average molecular weight is 211 g/mol. The molecule has 0 aromatic carbocycles. The Bertz CT molecular complexity index is 178. The van der Waals surface area contributed by atoms with E-state index in [-0.39, 0.29) is 0 Å². The van der Waals surface area contributed by atoms with Crippen LogP contribution in [-0.4, -0.2) is 49.2 Å². The fourth-order valence-electron chi connectivity index (χ4n) is 2.65. The molecular weight excluding hydrogens is 186 g/mol. The standard InChI is InChI=1S/C12H25N3/c1-14-8-5-6-12(7-11-14)13-15-9-3-2-4-10-15/h12-13H,2-11H2,1H3. The first-order valence-corrected chi connectivity index (χ1v) is 6.54. The zero-order valence-electron chi connectivity index (χ0n) is 10.0. The van der Waals surface area contributed by atoms with Gasteiger partial charge in [0.2, 0.25) is 0 Å². The van der Waals surface area contributed by atoms with Crippen molar-refractivity contribution in [1.82, 2.24) is 15.3 Å². The van der Waals surface area contributed by atoms with Gasteiger partial charge in [-0.25, -0.2) is 5.01 Å². The number of hydrazine groups is 1. The summed E-state index contributed by atoms with van der Waals surface area (Å²) in [6.45, 7) is 5.04. The van der Waals surface area contributed by atoms with Crippen molar-refractivity contribution in [2.75, 3.05) is 33.2 Å². The number of likely N-dealkylation sites (tertiary alicyclic amines) is 1. The third-order valence-electron chi connectivity index (χ3n) is 3.67. The molecule has 15 heavy (non-hydrogen) atoms. The molecule has 0 aromatic heterocycles. The molecule has 1 N–H and O–H groups in total. The molecule has 1 atom stereocenters. The predicted octanol–water partition coefficient (Wildman–Crippen LogP) is 1.46. The number of piperidine rings is 1. The van der Waals surface area contributed by atoms with Crippen LogP contribution >= 0.6 is 0 Å². The SMILES string of the molecule is CN1CCCC(NN2CCCCC2)CC1. The molecule has 0 saturated carbocycles. The number of nitrogens with one attached hydrogen (secondary N) is 1. The third kappa shape index (κ3) is 3.74. The van der Waals surface area contributed by atoms with Crippen molar-refractivity contribution in [3.63, 3.8) is 0 Å². The topological polar surface area (TPSA) is 18.5 Å². The van der Waals surface area contributed by atoms with Crippen molar-refractivity contribution in [3.8, 4) is 0 Å². The Kier molecular flexibility index (Phi) is 4.42. The van der Waals surface area contributed by atoms with Crippen LogP contribution in [0.2, 0.25) is 0 Å². The molecule has 1 unspecified atom stereocenters. The molecule has 0 aliphatic carbocycles. The fraction of sp³-hybridized carbons (Fsp3) is 1.00. The van der Waals surface area contributed by atoms with E-state index in [2.05, 4.69) is 22.4 Å².